The Morgan fingerprint density at radius 2 is 1.95 bits per heavy atom. The predicted molar refractivity (Wildman–Crippen MR) is 87.6 cm³/mol. The van der Waals surface area contributed by atoms with Crippen molar-refractivity contribution in [3.63, 3.8) is 0 Å². The van der Waals surface area contributed by atoms with Gasteiger partial charge in [-0.25, -0.2) is 4.98 Å². The molecular weight excluding hydrogens is 260 g/mol. The van der Waals surface area contributed by atoms with E-state index in [1.54, 1.807) is 0 Å². The zero-order chi connectivity index (χ0) is 14.7. The molecule has 1 aromatic heterocycles. The van der Waals surface area contributed by atoms with E-state index < -0.39 is 0 Å². The molecule has 0 bridgehead atoms. The summed E-state index contributed by atoms with van der Waals surface area (Å²) in [5.74, 6) is 1.02. The number of hydrogen-bond donors (Lipinski definition) is 1. The topological polar surface area (TPSA) is 36.4 Å². The summed E-state index contributed by atoms with van der Waals surface area (Å²) in [6, 6.07) is 10.8. The number of aromatic nitrogens is 1. The second-order valence-corrected chi connectivity index (χ2v) is 5.89. The first-order valence-electron chi connectivity index (χ1n) is 8.09. The van der Waals surface area contributed by atoms with Crippen LogP contribution in [-0.4, -0.2) is 22.7 Å². The maximum absolute atomic E-state index is 9.68. The van der Waals surface area contributed by atoms with Gasteiger partial charge in [0.1, 0.15) is 5.82 Å². The molecule has 0 atom stereocenters. The molecule has 21 heavy (non-hydrogen) atoms. The number of para-hydroxylation sites is 1. The third-order valence-corrected chi connectivity index (χ3v) is 4.61. The molecule has 0 aliphatic heterocycles. The minimum atomic E-state index is 0.0677. The van der Waals surface area contributed by atoms with Crippen LogP contribution in [0.15, 0.2) is 30.3 Å². The van der Waals surface area contributed by atoms with E-state index >= 15 is 0 Å². The van der Waals surface area contributed by atoms with Gasteiger partial charge in [-0.05, 0) is 37.5 Å². The van der Waals surface area contributed by atoms with Crippen LogP contribution < -0.4 is 4.90 Å². The molecule has 112 valence electrons. The van der Waals surface area contributed by atoms with Gasteiger partial charge in [0.15, 0.2) is 0 Å². The lowest BCUT2D eigenvalue weighted by Gasteiger charge is -2.34. The molecular formula is C18H24N2O. The third kappa shape index (κ3) is 2.88. The fraction of sp³-hybridized carbons (Fsp3) is 0.500. The van der Waals surface area contributed by atoms with Crippen LogP contribution in [0.5, 0.6) is 0 Å². The molecule has 0 spiro atoms. The molecule has 1 aliphatic rings. The summed E-state index contributed by atoms with van der Waals surface area (Å²) in [4.78, 5) is 7.27. The lowest BCUT2D eigenvalue weighted by atomic mass is 9.94. The number of fused-ring (bicyclic) bond motifs is 1. The Kier molecular flexibility index (Phi) is 4.39. The van der Waals surface area contributed by atoms with Crippen molar-refractivity contribution in [1.82, 2.24) is 4.98 Å². The number of anilines is 1. The first-order chi connectivity index (χ1) is 10.3. The largest absolute Gasteiger partial charge is 0.392 e. The van der Waals surface area contributed by atoms with Gasteiger partial charge >= 0.3 is 0 Å². The maximum Gasteiger partial charge on any atom is 0.129 e. The van der Waals surface area contributed by atoms with Crippen LogP contribution in [0.1, 0.15) is 44.6 Å². The highest BCUT2D eigenvalue weighted by molar-refractivity contribution is 5.84. The van der Waals surface area contributed by atoms with Crippen LogP contribution in [0.25, 0.3) is 10.9 Å². The molecule has 1 saturated carbocycles. The van der Waals surface area contributed by atoms with Crippen molar-refractivity contribution < 1.29 is 5.11 Å². The van der Waals surface area contributed by atoms with Gasteiger partial charge in [-0.1, -0.05) is 37.5 Å². The fourth-order valence-corrected chi connectivity index (χ4v) is 3.51. The lowest BCUT2D eigenvalue weighted by Crippen LogP contribution is -2.37. The zero-order valence-corrected chi connectivity index (χ0v) is 12.8. The van der Waals surface area contributed by atoms with E-state index in [4.69, 9.17) is 4.98 Å². The standard InChI is InChI=1S/C18H24N2O/c1-2-20(15-8-4-3-5-9-15)18-12-14(13-21)16-10-6-7-11-17(16)19-18/h6-7,10-12,15,21H,2-5,8-9,13H2,1H3. The monoisotopic (exact) mass is 284 g/mol. The third-order valence-electron chi connectivity index (χ3n) is 4.61. The molecule has 0 radical (unpaired) electrons. The maximum atomic E-state index is 9.68. The summed E-state index contributed by atoms with van der Waals surface area (Å²) >= 11 is 0. The van der Waals surface area contributed by atoms with E-state index in [9.17, 15) is 5.11 Å². The Morgan fingerprint density at radius 3 is 2.67 bits per heavy atom. The van der Waals surface area contributed by atoms with Crippen molar-refractivity contribution in [2.45, 2.75) is 51.7 Å². The van der Waals surface area contributed by atoms with Crippen molar-refractivity contribution in [1.29, 1.82) is 0 Å². The van der Waals surface area contributed by atoms with Gasteiger partial charge in [-0.3, -0.25) is 0 Å². The number of hydrogen-bond acceptors (Lipinski definition) is 3. The summed E-state index contributed by atoms with van der Waals surface area (Å²) in [5, 5.41) is 10.7. The molecule has 0 amide bonds. The summed E-state index contributed by atoms with van der Waals surface area (Å²) in [6.07, 6.45) is 6.53. The van der Waals surface area contributed by atoms with E-state index in [1.165, 1.54) is 32.1 Å². The van der Waals surface area contributed by atoms with Gasteiger partial charge in [0.05, 0.1) is 12.1 Å². The van der Waals surface area contributed by atoms with Crippen molar-refractivity contribution >= 4 is 16.7 Å². The smallest absolute Gasteiger partial charge is 0.129 e. The average molecular weight is 284 g/mol. The Hall–Kier alpha value is -1.61. The summed E-state index contributed by atoms with van der Waals surface area (Å²) < 4.78 is 0. The molecule has 2 aromatic rings. The number of pyridine rings is 1. The van der Waals surface area contributed by atoms with E-state index in [0.717, 1.165) is 28.8 Å². The van der Waals surface area contributed by atoms with E-state index in [0.29, 0.717) is 6.04 Å². The summed E-state index contributed by atoms with van der Waals surface area (Å²) in [6.45, 7) is 3.24. The van der Waals surface area contributed by atoms with Crippen molar-refractivity contribution in [2.75, 3.05) is 11.4 Å². The summed E-state index contributed by atoms with van der Waals surface area (Å²) in [7, 11) is 0. The van der Waals surface area contributed by atoms with Crippen molar-refractivity contribution in [3.05, 3.63) is 35.9 Å². The van der Waals surface area contributed by atoms with Crippen LogP contribution >= 0.6 is 0 Å². The van der Waals surface area contributed by atoms with Crippen molar-refractivity contribution in [2.24, 2.45) is 0 Å². The van der Waals surface area contributed by atoms with Gasteiger partial charge in [0.25, 0.3) is 0 Å². The molecule has 1 heterocycles. The van der Waals surface area contributed by atoms with Gasteiger partial charge in [-0.15, -0.1) is 0 Å². The van der Waals surface area contributed by atoms with Gasteiger partial charge in [0, 0.05) is 18.0 Å². The minimum Gasteiger partial charge on any atom is -0.392 e. The molecule has 0 saturated heterocycles. The Balaban J connectivity index is 2.01. The SMILES string of the molecule is CCN(c1cc(CO)c2ccccc2n1)C1CCCCC1. The molecule has 3 rings (SSSR count). The number of rotatable bonds is 4. The van der Waals surface area contributed by atoms with Crippen molar-refractivity contribution in [3.8, 4) is 0 Å². The molecule has 1 fully saturated rings. The number of aliphatic hydroxyl groups is 1. The van der Waals surface area contributed by atoms with Crippen LogP contribution in [0.4, 0.5) is 5.82 Å². The van der Waals surface area contributed by atoms with E-state index in [1.807, 2.05) is 24.3 Å². The van der Waals surface area contributed by atoms with Gasteiger partial charge in [0.2, 0.25) is 0 Å². The summed E-state index contributed by atoms with van der Waals surface area (Å²) in [5.41, 5.74) is 1.96. The number of nitrogens with zero attached hydrogens (tertiary/aromatic N) is 2. The molecule has 0 unspecified atom stereocenters. The fourth-order valence-electron chi connectivity index (χ4n) is 3.51. The average Bonchev–Trinajstić information content (AvgIpc) is 2.56. The Labute approximate surface area is 126 Å². The number of benzene rings is 1. The highest BCUT2D eigenvalue weighted by Crippen LogP contribution is 2.29. The van der Waals surface area contributed by atoms with Gasteiger partial charge < -0.3 is 10.0 Å². The zero-order valence-electron chi connectivity index (χ0n) is 12.8. The van der Waals surface area contributed by atoms with E-state index in [-0.39, 0.29) is 6.61 Å². The quantitative estimate of drug-likeness (QED) is 0.925. The van der Waals surface area contributed by atoms with Crippen LogP contribution in [0.3, 0.4) is 0 Å². The molecule has 3 heteroatoms. The molecule has 3 nitrogen and oxygen atoms in total. The predicted octanol–water partition coefficient (Wildman–Crippen LogP) is 3.89. The normalized spacial score (nSPS) is 16.3. The highest BCUT2D eigenvalue weighted by atomic mass is 16.3. The van der Waals surface area contributed by atoms with Crippen LogP contribution in [0, 0.1) is 0 Å². The first-order valence-corrected chi connectivity index (χ1v) is 8.09. The van der Waals surface area contributed by atoms with Gasteiger partial charge in [-0.2, -0.15) is 0 Å². The minimum absolute atomic E-state index is 0.0677. The highest BCUT2D eigenvalue weighted by Gasteiger charge is 2.21. The Bertz CT molecular complexity index is 605. The Morgan fingerprint density at radius 1 is 1.19 bits per heavy atom. The second kappa shape index (κ2) is 6.44. The molecule has 1 aliphatic carbocycles. The van der Waals surface area contributed by atoms with Crippen LogP contribution in [-0.2, 0) is 6.61 Å². The number of aliphatic hydroxyl groups excluding tert-OH is 1. The molecule has 1 N–H and O–H groups in total. The van der Waals surface area contributed by atoms with E-state index in [2.05, 4.69) is 17.9 Å². The molecule has 1 aromatic carbocycles. The second-order valence-electron chi connectivity index (χ2n) is 5.89. The van der Waals surface area contributed by atoms with Crippen LogP contribution in [0.2, 0.25) is 0 Å². The first kappa shape index (κ1) is 14.3. The lowest BCUT2D eigenvalue weighted by molar-refractivity contribution is 0.283.